The van der Waals surface area contributed by atoms with Crippen molar-refractivity contribution in [1.82, 2.24) is 0 Å². The van der Waals surface area contributed by atoms with Crippen molar-refractivity contribution < 1.29 is 4.74 Å². The van der Waals surface area contributed by atoms with Crippen molar-refractivity contribution in [3.8, 4) is 5.75 Å². The van der Waals surface area contributed by atoms with Gasteiger partial charge in [-0.1, -0.05) is 68.8 Å². The topological polar surface area (TPSA) is 9.23 Å². The molecule has 1 aromatic rings. The lowest BCUT2D eigenvalue weighted by Gasteiger charge is -2.37. The highest BCUT2D eigenvalue weighted by Crippen LogP contribution is 2.41. The molecule has 3 rings (SSSR count). The van der Waals surface area contributed by atoms with Gasteiger partial charge in [-0.3, -0.25) is 0 Å². The van der Waals surface area contributed by atoms with Crippen LogP contribution in [0.2, 0.25) is 23.2 Å². The van der Waals surface area contributed by atoms with Gasteiger partial charge in [-0.05, 0) is 67.7 Å². The molecule has 1 aliphatic carbocycles. The van der Waals surface area contributed by atoms with Gasteiger partial charge in [0.05, 0.1) is 6.61 Å². The Morgan fingerprint density at radius 2 is 1.58 bits per heavy atom. The molecule has 0 atom stereocenters. The van der Waals surface area contributed by atoms with Crippen LogP contribution in [0.25, 0.3) is 0 Å². The minimum atomic E-state index is -0.342. The molecule has 1 saturated heterocycles. The van der Waals surface area contributed by atoms with E-state index in [0.717, 1.165) is 35.1 Å². The second-order valence-electron chi connectivity index (χ2n) is 8.82. The second kappa shape index (κ2) is 10.8. The van der Waals surface area contributed by atoms with E-state index in [1.165, 1.54) is 44.9 Å². The minimum absolute atomic E-state index is 0.342. The second-order valence-corrected chi connectivity index (χ2v) is 12.7. The summed E-state index contributed by atoms with van der Waals surface area (Å²) in [6, 6.07) is 12.7. The summed E-state index contributed by atoms with van der Waals surface area (Å²) in [4.78, 5) is 0. The summed E-state index contributed by atoms with van der Waals surface area (Å²) in [5.74, 6) is 3.79. The van der Waals surface area contributed by atoms with Crippen LogP contribution in [0.3, 0.4) is 0 Å². The predicted molar refractivity (Wildman–Crippen MR) is 116 cm³/mol. The van der Waals surface area contributed by atoms with Gasteiger partial charge in [0.2, 0.25) is 0 Å². The number of benzene rings is 1. The Hall–Kier alpha value is -0.473. The average molecular weight is 393 g/mol. The molecule has 2 fully saturated rings. The van der Waals surface area contributed by atoms with Gasteiger partial charge in [-0.15, -0.1) is 0 Å². The molecule has 1 heterocycles. The van der Waals surface area contributed by atoms with Crippen molar-refractivity contribution in [1.29, 1.82) is 0 Å². The summed E-state index contributed by atoms with van der Waals surface area (Å²) in [5, 5.41) is 0.779. The lowest BCUT2D eigenvalue weighted by atomic mass is 9.74. The van der Waals surface area contributed by atoms with Gasteiger partial charge < -0.3 is 4.74 Å². The van der Waals surface area contributed by atoms with E-state index < -0.39 is 0 Å². The zero-order valence-electron chi connectivity index (χ0n) is 16.6. The summed E-state index contributed by atoms with van der Waals surface area (Å²) < 4.78 is 5.99. The van der Waals surface area contributed by atoms with Crippen molar-refractivity contribution in [2.45, 2.75) is 82.8 Å². The quantitative estimate of drug-likeness (QED) is 0.331. The molecule has 2 aliphatic rings. The number of halogens is 1. The first-order valence-electron chi connectivity index (χ1n) is 11.1. The largest absolute Gasteiger partial charge is 0.493 e. The highest BCUT2D eigenvalue weighted by Gasteiger charge is 2.31. The third kappa shape index (κ3) is 6.30. The molecule has 26 heavy (non-hydrogen) atoms. The Kier molecular flexibility index (Phi) is 8.38. The van der Waals surface area contributed by atoms with E-state index in [0.29, 0.717) is 0 Å². The monoisotopic (exact) mass is 392 g/mol. The first-order valence-corrected chi connectivity index (χ1v) is 14.0. The lowest BCUT2D eigenvalue weighted by molar-refractivity contribution is 0.148. The van der Waals surface area contributed by atoms with Crippen LogP contribution in [0.15, 0.2) is 24.3 Å². The number of ether oxygens (including phenoxy) is 1. The molecule has 3 heteroatoms. The summed E-state index contributed by atoms with van der Waals surface area (Å²) >= 11 is 5.94. The maximum absolute atomic E-state index is 5.99. The van der Waals surface area contributed by atoms with E-state index in [2.05, 4.69) is 6.92 Å². The van der Waals surface area contributed by atoms with Gasteiger partial charge >= 0.3 is 0 Å². The molecule has 0 spiro atoms. The Morgan fingerprint density at radius 1 is 0.923 bits per heavy atom. The van der Waals surface area contributed by atoms with Crippen LogP contribution in [-0.2, 0) is 0 Å². The van der Waals surface area contributed by atoms with Gasteiger partial charge in [0, 0.05) is 13.8 Å². The third-order valence-electron chi connectivity index (χ3n) is 6.96. The standard InChI is InChI=1S/C23H37ClOSi/c1-2-3-4-15-26-16-13-21(14-17-26)20-7-5-19(6-8-20)18-25-23-11-9-22(24)10-12-23/h9-12,19-21,26H,2-8,13-18H2,1H3/t19-,20-,21-,26-. The number of rotatable bonds is 8. The van der Waals surface area contributed by atoms with Crippen LogP contribution in [0, 0.1) is 17.8 Å². The molecule has 0 unspecified atom stereocenters. The van der Waals surface area contributed by atoms with E-state index in [-0.39, 0.29) is 8.80 Å². The normalized spacial score (nSPS) is 29.5. The Balaban J connectivity index is 1.32. The number of unbranched alkanes of at least 4 members (excludes halogenated alkanes) is 2. The van der Waals surface area contributed by atoms with Crippen molar-refractivity contribution in [3.05, 3.63) is 29.3 Å². The predicted octanol–water partition coefficient (Wildman–Crippen LogP) is 7.35. The van der Waals surface area contributed by atoms with Crippen molar-refractivity contribution >= 4 is 20.4 Å². The maximum Gasteiger partial charge on any atom is 0.119 e. The molecule has 1 nitrogen and oxygen atoms in total. The highest BCUT2D eigenvalue weighted by atomic mass is 35.5. The molecule has 0 bridgehead atoms. The fourth-order valence-corrected chi connectivity index (χ4v) is 8.86. The first kappa shape index (κ1) is 20.3. The zero-order valence-corrected chi connectivity index (χ0v) is 18.5. The van der Waals surface area contributed by atoms with Gasteiger partial charge in [-0.2, -0.15) is 0 Å². The van der Waals surface area contributed by atoms with E-state index in [1.807, 2.05) is 24.3 Å². The summed E-state index contributed by atoms with van der Waals surface area (Å²) in [7, 11) is -0.342. The molecular formula is C23H37ClOSi. The number of hydrogen-bond acceptors (Lipinski definition) is 1. The fraction of sp³-hybridized carbons (Fsp3) is 0.739. The zero-order chi connectivity index (χ0) is 18.2. The summed E-state index contributed by atoms with van der Waals surface area (Å²) in [6.45, 7) is 3.21. The van der Waals surface area contributed by atoms with Crippen molar-refractivity contribution in [2.24, 2.45) is 17.8 Å². The fourth-order valence-electron chi connectivity index (χ4n) is 5.20. The Bertz CT molecular complexity index is 501. The minimum Gasteiger partial charge on any atom is -0.493 e. The Labute approximate surface area is 167 Å². The third-order valence-corrected chi connectivity index (χ3v) is 10.7. The van der Waals surface area contributed by atoms with Crippen molar-refractivity contribution in [3.63, 3.8) is 0 Å². The Morgan fingerprint density at radius 3 is 2.23 bits per heavy atom. The first-order chi connectivity index (χ1) is 12.7. The highest BCUT2D eigenvalue weighted by molar-refractivity contribution is 6.58. The van der Waals surface area contributed by atoms with Crippen LogP contribution in [0.5, 0.6) is 5.75 Å². The molecule has 0 radical (unpaired) electrons. The van der Waals surface area contributed by atoms with Gasteiger partial charge in [0.1, 0.15) is 5.75 Å². The molecule has 0 amide bonds. The van der Waals surface area contributed by atoms with Crippen molar-refractivity contribution in [2.75, 3.05) is 6.61 Å². The van der Waals surface area contributed by atoms with Gasteiger partial charge in [0.25, 0.3) is 0 Å². The van der Waals surface area contributed by atoms with E-state index >= 15 is 0 Å². The van der Waals surface area contributed by atoms with Crippen LogP contribution < -0.4 is 4.74 Å². The van der Waals surface area contributed by atoms with Gasteiger partial charge in [-0.25, -0.2) is 0 Å². The molecule has 0 aromatic heterocycles. The molecule has 146 valence electrons. The lowest BCUT2D eigenvalue weighted by Crippen LogP contribution is -2.29. The molecule has 1 aliphatic heterocycles. The number of hydrogen-bond donors (Lipinski definition) is 0. The molecule has 1 saturated carbocycles. The van der Waals surface area contributed by atoms with Crippen LogP contribution in [0.4, 0.5) is 0 Å². The molecular weight excluding hydrogens is 356 g/mol. The summed E-state index contributed by atoms with van der Waals surface area (Å²) in [5.41, 5.74) is 0. The van der Waals surface area contributed by atoms with E-state index in [1.54, 1.807) is 31.0 Å². The molecule has 0 N–H and O–H groups in total. The van der Waals surface area contributed by atoms with Crippen LogP contribution in [-0.4, -0.2) is 15.4 Å². The van der Waals surface area contributed by atoms with E-state index in [9.17, 15) is 0 Å². The van der Waals surface area contributed by atoms with Crippen LogP contribution >= 0.6 is 11.6 Å². The summed E-state index contributed by atoms with van der Waals surface area (Å²) in [6.07, 6.45) is 13.1. The maximum atomic E-state index is 5.99. The van der Waals surface area contributed by atoms with Crippen LogP contribution in [0.1, 0.15) is 64.7 Å². The molecule has 1 aromatic carbocycles. The van der Waals surface area contributed by atoms with E-state index in [4.69, 9.17) is 16.3 Å². The smallest absolute Gasteiger partial charge is 0.119 e. The average Bonchev–Trinajstić information content (AvgIpc) is 2.69. The van der Waals surface area contributed by atoms with Gasteiger partial charge in [0.15, 0.2) is 0 Å². The SMILES string of the molecule is CCCCC[Si@H]1CC[C@H]([C@H]2CC[C@H](COc3ccc(Cl)cc3)CC2)CC1.